The summed E-state index contributed by atoms with van der Waals surface area (Å²) in [4.78, 5) is 27.9. The number of hydrogen-bond acceptors (Lipinski definition) is 5. The highest BCUT2D eigenvalue weighted by Crippen LogP contribution is 2.39. The number of benzene rings is 3. The van der Waals surface area contributed by atoms with Crippen molar-refractivity contribution in [2.75, 3.05) is 19.7 Å². The van der Waals surface area contributed by atoms with Crippen LogP contribution in [-0.2, 0) is 29.0 Å². The molecule has 1 unspecified atom stereocenters. The number of rotatable bonds is 2. The summed E-state index contributed by atoms with van der Waals surface area (Å²) in [6.07, 6.45) is 4.79. The second kappa shape index (κ2) is 11.2. The fourth-order valence-corrected chi connectivity index (χ4v) is 5.29. The van der Waals surface area contributed by atoms with Crippen LogP contribution in [0.25, 0.3) is 0 Å². The van der Waals surface area contributed by atoms with E-state index in [0.29, 0.717) is 49.6 Å². The van der Waals surface area contributed by atoms with E-state index >= 15 is 0 Å². The monoisotopic (exact) mass is 540 g/mol. The van der Waals surface area contributed by atoms with Crippen molar-refractivity contribution >= 4 is 11.8 Å². The number of nitrogens with one attached hydrogen (secondary N) is 1. The molecular formula is C31H29FN4O4. The Morgan fingerprint density at radius 1 is 1.07 bits per heavy atom. The molecular weight excluding hydrogens is 511 g/mol. The van der Waals surface area contributed by atoms with E-state index < -0.39 is 5.82 Å². The van der Waals surface area contributed by atoms with Gasteiger partial charge in [0.05, 0.1) is 19.1 Å². The normalized spacial score (nSPS) is 17.1. The lowest BCUT2D eigenvalue weighted by Crippen LogP contribution is -2.42. The first-order valence-corrected chi connectivity index (χ1v) is 13.4. The van der Waals surface area contributed by atoms with Gasteiger partial charge in [-0.1, -0.05) is 24.3 Å². The largest absolute Gasteiger partial charge is 0.494 e. The molecule has 1 atom stereocenters. The molecule has 3 aliphatic heterocycles. The Hall–Kier alpha value is -4.66. The van der Waals surface area contributed by atoms with Crippen LogP contribution < -0.4 is 14.8 Å². The Kier molecular flexibility index (Phi) is 7.18. The van der Waals surface area contributed by atoms with Crippen molar-refractivity contribution < 1.29 is 23.5 Å². The van der Waals surface area contributed by atoms with Crippen molar-refractivity contribution in [3.63, 3.8) is 0 Å². The molecule has 0 radical (unpaired) electrons. The lowest BCUT2D eigenvalue weighted by molar-refractivity contribution is -0.134. The van der Waals surface area contributed by atoms with E-state index in [1.54, 1.807) is 41.3 Å². The molecule has 40 heavy (non-hydrogen) atoms. The standard InChI is InChI=1S/C31H29FN4O4/c32-27-9-6-21-16-28(27)40-25-7-8-26-22(18-25)10-14-36(30(38)20-35-13-2-12-34-35)31(26)23-4-1-5-24(19-23)39-15-3-11-33-29(37)17-21/h1-2,4-9,12-13,16,18-19,31H,3,10-11,14-15,17,20H2,(H,33,37). The number of hydrogen-bond donors (Lipinski definition) is 1. The van der Waals surface area contributed by atoms with Gasteiger partial charge < -0.3 is 19.7 Å². The molecule has 204 valence electrons. The van der Waals surface area contributed by atoms with Gasteiger partial charge in [-0.25, -0.2) is 4.39 Å². The molecule has 4 aromatic rings. The molecule has 0 fully saturated rings. The van der Waals surface area contributed by atoms with E-state index in [4.69, 9.17) is 9.47 Å². The van der Waals surface area contributed by atoms with Gasteiger partial charge in [0.2, 0.25) is 11.8 Å². The molecule has 3 aromatic carbocycles. The molecule has 8 nitrogen and oxygen atoms in total. The minimum atomic E-state index is -0.505. The Morgan fingerprint density at radius 3 is 2.88 bits per heavy atom. The van der Waals surface area contributed by atoms with E-state index in [1.807, 2.05) is 41.3 Å². The summed E-state index contributed by atoms with van der Waals surface area (Å²) in [6, 6.07) is 19.3. The lowest BCUT2D eigenvalue weighted by atomic mass is 9.87. The summed E-state index contributed by atoms with van der Waals surface area (Å²) < 4.78 is 28.3. The maximum atomic E-state index is 14.7. The summed E-state index contributed by atoms with van der Waals surface area (Å²) in [6.45, 7) is 1.51. The summed E-state index contributed by atoms with van der Waals surface area (Å²) in [5, 5.41) is 7.09. The number of aromatic nitrogens is 2. The predicted octanol–water partition coefficient (Wildman–Crippen LogP) is 4.43. The third-order valence-corrected chi connectivity index (χ3v) is 7.19. The highest BCUT2D eigenvalue weighted by molar-refractivity contribution is 5.79. The fourth-order valence-electron chi connectivity index (χ4n) is 5.29. The second-order valence-electron chi connectivity index (χ2n) is 9.97. The van der Waals surface area contributed by atoms with Gasteiger partial charge in [0.1, 0.15) is 18.0 Å². The third kappa shape index (κ3) is 5.54. The highest BCUT2D eigenvalue weighted by atomic mass is 19.1. The van der Waals surface area contributed by atoms with Crippen LogP contribution in [0.2, 0.25) is 0 Å². The predicted molar refractivity (Wildman–Crippen MR) is 146 cm³/mol. The van der Waals surface area contributed by atoms with E-state index in [0.717, 1.165) is 16.7 Å². The van der Waals surface area contributed by atoms with Crippen LogP contribution in [0.4, 0.5) is 4.39 Å². The second-order valence-corrected chi connectivity index (χ2v) is 9.97. The first kappa shape index (κ1) is 25.6. The van der Waals surface area contributed by atoms with Gasteiger partial charge in [-0.15, -0.1) is 0 Å². The number of fused-ring (bicyclic) bond motifs is 7. The van der Waals surface area contributed by atoms with Gasteiger partial charge in [0.25, 0.3) is 0 Å². The van der Waals surface area contributed by atoms with Crippen molar-refractivity contribution in [3.8, 4) is 17.2 Å². The number of ether oxygens (including phenoxy) is 2. The van der Waals surface area contributed by atoms with Crippen LogP contribution in [0.15, 0.2) is 79.1 Å². The molecule has 0 saturated carbocycles. The molecule has 0 spiro atoms. The van der Waals surface area contributed by atoms with Gasteiger partial charge in [0.15, 0.2) is 11.6 Å². The summed E-state index contributed by atoms with van der Waals surface area (Å²) in [7, 11) is 0. The average Bonchev–Trinajstić information content (AvgIpc) is 3.46. The molecule has 4 heterocycles. The van der Waals surface area contributed by atoms with E-state index in [1.165, 1.54) is 6.07 Å². The zero-order chi connectivity index (χ0) is 27.5. The van der Waals surface area contributed by atoms with Crippen LogP contribution in [0, 0.1) is 5.82 Å². The van der Waals surface area contributed by atoms with Crippen LogP contribution in [-0.4, -0.2) is 46.2 Å². The Balaban J connectivity index is 1.39. The van der Waals surface area contributed by atoms with Crippen molar-refractivity contribution in [2.24, 2.45) is 0 Å². The SMILES string of the molecule is O=C1Cc2ccc(F)c(c2)Oc2ccc3c(c2)CCN(C(=O)Cn2cccn2)C3c2cccc(c2)OCCCN1. The van der Waals surface area contributed by atoms with Crippen molar-refractivity contribution in [3.05, 3.63) is 107 Å². The van der Waals surface area contributed by atoms with Gasteiger partial charge in [0, 0.05) is 25.5 Å². The van der Waals surface area contributed by atoms with Crippen LogP contribution in [0.5, 0.6) is 17.2 Å². The number of halogens is 1. The Morgan fingerprint density at radius 2 is 2.00 bits per heavy atom. The fraction of sp³-hybridized carbons (Fsp3) is 0.258. The number of amides is 2. The number of nitrogens with zero attached hydrogens (tertiary/aromatic N) is 3. The topological polar surface area (TPSA) is 85.7 Å². The molecule has 1 N–H and O–H groups in total. The molecule has 2 amide bonds. The molecule has 0 aliphatic carbocycles. The molecule has 1 aromatic heterocycles. The third-order valence-electron chi connectivity index (χ3n) is 7.19. The quantitative estimate of drug-likeness (QED) is 0.407. The Bertz CT molecular complexity index is 1540. The number of carbonyl (C=O) groups is 2. The summed E-state index contributed by atoms with van der Waals surface area (Å²) >= 11 is 0. The summed E-state index contributed by atoms with van der Waals surface area (Å²) in [5.74, 6) is 0.545. The van der Waals surface area contributed by atoms with Crippen LogP contribution in [0.3, 0.4) is 0 Å². The van der Waals surface area contributed by atoms with Crippen LogP contribution >= 0.6 is 0 Å². The highest BCUT2D eigenvalue weighted by Gasteiger charge is 2.33. The van der Waals surface area contributed by atoms with E-state index in [-0.39, 0.29) is 36.6 Å². The molecule has 9 heteroatoms. The first-order valence-electron chi connectivity index (χ1n) is 13.4. The van der Waals surface area contributed by atoms with Gasteiger partial charge in [-0.2, -0.15) is 5.10 Å². The summed E-state index contributed by atoms with van der Waals surface area (Å²) in [5.41, 5.74) is 3.58. The maximum Gasteiger partial charge on any atom is 0.245 e. The smallest absolute Gasteiger partial charge is 0.245 e. The molecule has 0 saturated heterocycles. The van der Waals surface area contributed by atoms with E-state index in [2.05, 4.69) is 10.4 Å². The van der Waals surface area contributed by atoms with Gasteiger partial charge >= 0.3 is 0 Å². The molecule has 8 bridgehead atoms. The molecule has 7 rings (SSSR count). The van der Waals surface area contributed by atoms with Crippen LogP contribution in [0.1, 0.15) is 34.7 Å². The van der Waals surface area contributed by atoms with Gasteiger partial charge in [-0.05, 0) is 77.6 Å². The van der Waals surface area contributed by atoms with E-state index in [9.17, 15) is 14.0 Å². The minimum absolute atomic E-state index is 0.0426. The average molecular weight is 541 g/mol. The van der Waals surface area contributed by atoms with Crippen molar-refractivity contribution in [1.82, 2.24) is 20.0 Å². The zero-order valence-corrected chi connectivity index (χ0v) is 21.9. The zero-order valence-electron chi connectivity index (χ0n) is 21.9. The molecule has 3 aliphatic rings. The van der Waals surface area contributed by atoms with Crippen molar-refractivity contribution in [2.45, 2.75) is 31.8 Å². The lowest BCUT2D eigenvalue weighted by Gasteiger charge is -2.38. The van der Waals surface area contributed by atoms with Crippen molar-refractivity contribution in [1.29, 1.82) is 0 Å². The number of carbonyl (C=O) groups excluding carboxylic acids is 2. The van der Waals surface area contributed by atoms with Gasteiger partial charge in [-0.3, -0.25) is 14.3 Å². The first-order chi connectivity index (χ1) is 19.5. The minimum Gasteiger partial charge on any atom is -0.494 e. The maximum absolute atomic E-state index is 14.7. The Labute approximate surface area is 231 Å².